The van der Waals surface area contributed by atoms with E-state index in [-0.39, 0.29) is 11.7 Å². The smallest absolute Gasteiger partial charge is 0.349 e. The summed E-state index contributed by atoms with van der Waals surface area (Å²) >= 11 is 1.14. The van der Waals surface area contributed by atoms with Crippen LogP contribution in [0.4, 0.5) is 4.39 Å². The fourth-order valence-electron chi connectivity index (χ4n) is 2.39. The van der Waals surface area contributed by atoms with Crippen LogP contribution in [-0.2, 0) is 9.53 Å². The molecule has 0 fully saturated rings. The minimum absolute atomic E-state index is 0.327. The molecule has 0 aliphatic heterocycles. The number of halogens is 1. The Morgan fingerprint density at radius 2 is 1.80 bits per heavy atom. The third kappa shape index (κ3) is 3.69. The van der Waals surface area contributed by atoms with Crippen molar-refractivity contribution in [2.45, 2.75) is 6.10 Å². The van der Waals surface area contributed by atoms with Crippen LogP contribution in [0.15, 0.2) is 54.6 Å². The van der Waals surface area contributed by atoms with Crippen molar-refractivity contribution in [1.29, 1.82) is 0 Å². The Balaban J connectivity index is 1.90. The van der Waals surface area contributed by atoms with Crippen LogP contribution in [0, 0.1) is 5.82 Å². The molecule has 0 aliphatic rings. The first-order chi connectivity index (χ1) is 12.0. The molecule has 1 atom stereocenters. The van der Waals surface area contributed by atoms with Gasteiger partial charge in [0.05, 0.1) is 0 Å². The first kappa shape index (κ1) is 17.1. The maximum Gasteiger partial charge on any atom is 0.349 e. The summed E-state index contributed by atoms with van der Waals surface area (Å²) in [7, 11) is 3.21. The number of hydrogen-bond acceptors (Lipinski definition) is 4. The quantitative estimate of drug-likeness (QED) is 0.663. The van der Waals surface area contributed by atoms with Crippen LogP contribution in [0.25, 0.3) is 10.1 Å². The van der Waals surface area contributed by atoms with Gasteiger partial charge in [0.15, 0.2) is 0 Å². The molecule has 0 bridgehead atoms. The van der Waals surface area contributed by atoms with Gasteiger partial charge in [-0.3, -0.25) is 4.79 Å². The summed E-state index contributed by atoms with van der Waals surface area (Å²) in [6, 6.07) is 14.8. The summed E-state index contributed by atoms with van der Waals surface area (Å²) in [5, 5.41) is 0.758. The van der Waals surface area contributed by atoms with E-state index in [1.807, 2.05) is 6.07 Å². The number of thiophene rings is 1. The lowest BCUT2D eigenvalue weighted by Gasteiger charge is -2.20. The van der Waals surface area contributed by atoms with Crippen molar-refractivity contribution in [2.24, 2.45) is 0 Å². The molecule has 25 heavy (non-hydrogen) atoms. The molecule has 2 aromatic carbocycles. The maximum absolute atomic E-state index is 13.3. The van der Waals surface area contributed by atoms with Crippen LogP contribution in [0.1, 0.15) is 21.3 Å². The van der Waals surface area contributed by atoms with E-state index >= 15 is 0 Å². The van der Waals surface area contributed by atoms with E-state index in [0.29, 0.717) is 15.1 Å². The number of nitrogens with zero attached hydrogens (tertiary/aromatic N) is 1. The molecule has 0 N–H and O–H groups in total. The number of carbonyl (C=O) groups excluding carboxylic acids is 2. The van der Waals surface area contributed by atoms with Crippen molar-refractivity contribution < 1.29 is 18.7 Å². The van der Waals surface area contributed by atoms with Gasteiger partial charge in [0, 0.05) is 24.4 Å². The van der Waals surface area contributed by atoms with Gasteiger partial charge in [-0.2, -0.15) is 0 Å². The minimum Gasteiger partial charge on any atom is -0.443 e. The zero-order chi connectivity index (χ0) is 18.0. The second-order valence-corrected chi connectivity index (χ2v) is 6.81. The van der Waals surface area contributed by atoms with Gasteiger partial charge in [0.25, 0.3) is 5.91 Å². The Labute approximate surface area is 148 Å². The molecule has 0 aliphatic carbocycles. The van der Waals surface area contributed by atoms with Crippen LogP contribution >= 0.6 is 11.3 Å². The van der Waals surface area contributed by atoms with Crippen molar-refractivity contribution in [1.82, 2.24) is 4.90 Å². The van der Waals surface area contributed by atoms with E-state index in [1.165, 1.54) is 17.0 Å². The Morgan fingerprint density at radius 1 is 1.08 bits per heavy atom. The van der Waals surface area contributed by atoms with E-state index in [9.17, 15) is 14.0 Å². The molecule has 6 heteroatoms. The summed E-state index contributed by atoms with van der Waals surface area (Å²) in [4.78, 5) is 26.7. The maximum atomic E-state index is 13.3. The normalized spacial score (nSPS) is 12.0. The van der Waals surface area contributed by atoms with Crippen LogP contribution in [0.2, 0.25) is 0 Å². The van der Waals surface area contributed by atoms with Gasteiger partial charge in [-0.1, -0.05) is 36.4 Å². The molecule has 0 unspecified atom stereocenters. The monoisotopic (exact) mass is 357 g/mol. The van der Waals surface area contributed by atoms with E-state index in [4.69, 9.17) is 4.74 Å². The lowest BCUT2D eigenvalue weighted by molar-refractivity contribution is -0.138. The van der Waals surface area contributed by atoms with Crippen molar-refractivity contribution >= 4 is 33.3 Å². The fourth-order valence-corrected chi connectivity index (χ4v) is 3.36. The van der Waals surface area contributed by atoms with E-state index < -0.39 is 12.1 Å². The number of likely N-dealkylation sites (N-methyl/N-ethyl adjacent to an activating group) is 1. The predicted octanol–water partition coefficient (Wildman–Crippen LogP) is 4.03. The Morgan fingerprint density at radius 3 is 2.48 bits per heavy atom. The number of carbonyl (C=O) groups is 2. The zero-order valence-corrected chi connectivity index (χ0v) is 14.5. The van der Waals surface area contributed by atoms with Gasteiger partial charge in [0.2, 0.25) is 6.10 Å². The molecule has 0 radical (unpaired) electrons. The minimum atomic E-state index is -1.02. The number of hydrogen-bond donors (Lipinski definition) is 0. The topological polar surface area (TPSA) is 46.6 Å². The SMILES string of the molecule is CN(C)C(=O)[C@H](OC(=O)c1cc2ccc(F)cc2s1)c1ccccc1. The number of rotatable bonds is 4. The molecule has 128 valence electrons. The fraction of sp³-hybridized carbons (Fsp3) is 0.158. The van der Waals surface area contributed by atoms with Crippen molar-refractivity contribution in [3.8, 4) is 0 Å². The standard InChI is InChI=1S/C19H16FNO3S/c1-21(2)18(22)17(12-6-4-3-5-7-12)24-19(23)16-10-13-8-9-14(20)11-15(13)25-16/h3-11,17H,1-2H3/t17-/m1/s1. The first-order valence-electron chi connectivity index (χ1n) is 7.62. The highest BCUT2D eigenvalue weighted by molar-refractivity contribution is 7.20. The van der Waals surface area contributed by atoms with Gasteiger partial charge in [0.1, 0.15) is 10.7 Å². The molecule has 1 aromatic heterocycles. The molecule has 4 nitrogen and oxygen atoms in total. The largest absolute Gasteiger partial charge is 0.443 e. The Hall–Kier alpha value is -2.73. The summed E-state index contributed by atoms with van der Waals surface area (Å²) < 4.78 is 19.5. The number of amides is 1. The molecule has 3 aromatic rings. The van der Waals surface area contributed by atoms with Gasteiger partial charge in [-0.25, -0.2) is 9.18 Å². The molecular weight excluding hydrogens is 341 g/mol. The number of fused-ring (bicyclic) bond motifs is 1. The average molecular weight is 357 g/mol. The highest BCUT2D eigenvalue weighted by Gasteiger charge is 2.27. The van der Waals surface area contributed by atoms with Crippen LogP contribution < -0.4 is 0 Å². The van der Waals surface area contributed by atoms with Gasteiger partial charge >= 0.3 is 5.97 Å². The van der Waals surface area contributed by atoms with Gasteiger partial charge in [-0.15, -0.1) is 11.3 Å². The van der Waals surface area contributed by atoms with Crippen LogP contribution in [-0.4, -0.2) is 30.9 Å². The average Bonchev–Trinajstić information content (AvgIpc) is 3.02. The van der Waals surface area contributed by atoms with Crippen LogP contribution in [0.5, 0.6) is 0 Å². The third-order valence-electron chi connectivity index (χ3n) is 3.68. The lowest BCUT2D eigenvalue weighted by atomic mass is 10.1. The van der Waals surface area contributed by atoms with Crippen LogP contribution in [0.3, 0.4) is 0 Å². The lowest BCUT2D eigenvalue weighted by Crippen LogP contribution is -2.31. The molecule has 3 rings (SSSR count). The molecule has 0 spiro atoms. The summed E-state index contributed by atoms with van der Waals surface area (Å²) in [5.41, 5.74) is 0.599. The molecular formula is C19H16FNO3S. The van der Waals surface area contributed by atoms with Gasteiger partial charge < -0.3 is 9.64 Å². The van der Waals surface area contributed by atoms with Crippen molar-refractivity contribution in [2.75, 3.05) is 14.1 Å². The molecule has 1 heterocycles. The van der Waals surface area contributed by atoms with E-state index in [2.05, 4.69) is 0 Å². The summed E-state index contributed by atoms with van der Waals surface area (Å²) in [6.07, 6.45) is -1.02. The van der Waals surface area contributed by atoms with Crippen molar-refractivity contribution in [3.05, 3.63) is 70.9 Å². The first-order valence-corrected chi connectivity index (χ1v) is 8.43. The number of esters is 1. The Kier molecular flexibility index (Phi) is 4.81. The molecule has 0 saturated carbocycles. The predicted molar refractivity (Wildman–Crippen MR) is 95.1 cm³/mol. The van der Waals surface area contributed by atoms with Crippen molar-refractivity contribution in [3.63, 3.8) is 0 Å². The van der Waals surface area contributed by atoms with E-state index in [0.717, 1.165) is 16.7 Å². The third-order valence-corrected chi connectivity index (χ3v) is 4.75. The zero-order valence-electron chi connectivity index (χ0n) is 13.7. The summed E-state index contributed by atoms with van der Waals surface area (Å²) in [6.45, 7) is 0. The number of ether oxygens (including phenoxy) is 1. The second-order valence-electron chi connectivity index (χ2n) is 5.72. The van der Waals surface area contributed by atoms with Gasteiger partial charge in [-0.05, 0) is 23.6 Å². The highest BCUT2D eigenvalue weighted by atomic mass is 32.1. The Bertz CT molecular complexity index is 921. The summed E-state index contributed by atoms with van der Waals surface area (Å²) in [5.74, 6) is -1.29. The number of benzene rings is 2. The van der Waals surface area contributed by atoms with E-state index in [1.54, 1.807) is 50.5 Å². The highest BCUT2D eigenvalue weighted by Crippen LogP contribution is 2.29. The molecule has 0 saturated heterocycles. The molecule has 1 amide bonds. The second kappa shape index (κ2) is 7.03.